The Morgan fingerprint density at radius 3 is 1.67 bits per heavy atom. The van der Waals surface area contributed by atoms with Crippen LogP contribution in [-0.4, -0.2) is 16.8 Å². The zero-order valence-electron chi connectivity index (χ0n) is 12.0. The van der Waals surface area contributed by atoms with Crippen LogP contribution in [-0.2, 0) is 28.8 Å². The molecule has 0 atom stereocenters. The molecule has 132 valence electrons. The fraction of sp³-hybridized carbons (Fsp3) is 0.143. The van der Waals surface area contributed by atoms with Crippen LogP contribution in [0.3, 0.4) is 0 Å². The summed E-state index contributed by atoms with van der Waals surface area (Å²) in [6, 6.07) is 13.0. The van der Waals surface area contributed by atoms with E-state index in [1.165, 1.54) is 18.2 Å². The number of benzene rings is 2. The van der Waals surface area contributed by atoms with E-state index in [2.05, 4.69) is 31.9 Å². The second-order valence-corrected chi connectivity index (χ2v) is 10.6. The molecule has 10 heteroatoms. The van der Waals surface area contributed by atoms with E-state index >= 15 is 0 Å². The van der Waals surface area contributed by atoms with Crippen molar-refractivity contribution in [1.29, 1.82) is 0 Å². The normalized spacial score (nSPS) is 11.5. The number of hydrogen-bond acceptors (Lipinski definition) is 4. The van der Waals surface area contributed by atoms with Gasteiger partial charge in [-0.3, -0.25) is 0 Å². The molecule has 0 spiro atoms. The molecular formula is C14H12Br2Cl2O4S2. The third-order valence-corrected chi connectivity index (χ3v) is 6.78. The highest BCUT2D eigenvalue weighted by Gasteiger charge is 2.13. The zero-order chi connectivity index (χ0) is 18.4. The van der Waals surface area contributed by atoms with Crippen molar-refractivity contribution in [2.24, 2.45) is 0 Å². The molecule has 0 saturated heterocycles. The average molecular weight is 539 g/mol. The van der Waals surface area contributed by atoms with Crippen molar-refractivity contribution in [1.82, 2.24) is 0 Å². The third kappa shape index (κ3) is 7.01. The lowest BCUT2D eigenvalue weighted by Crippen LogP contribution is -1.95. The van der Waals surface area contributed by atoms with E-state index in [4.69, 9.17) is 21.4 Å². The maximum Gasteiger partial charge on any atom is 0.261 e. The number of alkyl halides is 2. The van der Waals surface area contributed by atoms with Gasteiger partial charge in [0, 0.05) is 32.0 Å². The minimum atomic E-state index is -3.60. The van der Waals surface area contributed by atoms with Gasteiger partial charge in [-0.15, -0.1) is 0 Å². The summed E-state index contributed by atoms with van der Waals surface area (Å²) in [6.45, 7) is 0. The Hall–Kier alpha value is -0.120. The summed E-state index contributed by atoms with van der Waals surface area (Å²) in [7, 11) is 3.13. The molecule has 0 bridgehead atoms. The molecule has 0 unspecified atom stereocenters. The van der Waals surface area contributed by atoms with E-state index in [-0.39, 0.29) is 9.79 Å². The molecule has 2 rings (SSSR count). The maximum atomic E-state index is 11.0. The molecule has 4 nitrogen and oxygen atoms in total. The summed E-state index contributed by atoms with van der Waals surface area (Å²) >= 11 is 6.43. The van der Waals surface area contributed by atoms with Gasteiger partial charge in [0.1, 0.15) is 0 Å². The molecule has 0 aliphatic carbocycles. The van der Waals surface area contributed by atoms with E-state index in [0.29, 0.717) is 16.2 Å². The van der Waals surface area contributed by atoms with Gasteiger partial charge in [-0.25, -0.2) is 16.8 Å². The van der Waals surface area contributed by atoms with Crippen LogP contribution in [0.5, 0.6) is 0 Å². The highest BCUT2D eigenvalue weighted by molar-refractivity contribution is 9.08. The molecular weight excluding hydrogens is 527 g/mol. The molecule has 2 aromatic rings. The minimum Gasteiger partial charge on any atom is -0.207 e. The van der Waals surface area contributed by atoms with E-state index in [1.54, 1.807) is 30.3 Å². The van der Waals surface area contributed by atoms with Gasteiger partial charge in [0.15, 0.2) is 0 Å². The standard InChI is InChI=1S/2C7H6BrClO2S/c8-5-6-1-3-7(4-2-6)12(9,10)11;8-5-6-3-1-2-4-7(6)12(9,10)11/h2*1-4H,5H2. The molecule has 0 aliphatic rings. The van der Waals surface area contributed by atoms with Gasteiger partial charge in [-0.1, -0.05) is 62.2 Å². The lowest BCUT2D eigenvalue weighted by Gasteiger charge is -2.01. The van der Waals surface area contributed by atoms with Crippen molar-refractivity contribution in [2.75, 3.05) is 0 Å². The van der Waals surface area contributed by atoms with Gasteiger partial charge >= 0.3 is 0 Å². The van der Waals surface area contributed by atoms with Crippen LogP contribution < -0.4 is 0 Å². The second-order valence-electron chi connectivity index (χ2n) is 4.39. The van der Waals surface area contributed by atoms with Gasteiger partial charge in [0.05, 0.1) is 9.79 Å². The Balaban J connectivity index is 0.000000240. The highest BCUT2D eigenvalue weighted by atomic mass is 79.9. The molecule has 0 heterocycles. The van der Waals surface area contributed by atoms with Crippen LogP contribution in [0.1, 0.15) is 11.1 Å². The molecule has 0 N–H and O–H groups in total. The predicted octanol–water partition coefficient (Wildman–Crippen LogP) is 5.02. The summed E-state index contributed by atoms with van der Waals surface area (Å²) in [6.07, 6.45) is 0. The van der Waals surface area contributed by atoms with Crippen LogP contribution in [0.25, 0.3) is 0 Å². The van der Waals surface area contributed by atoms with Crippen molar-refractivity contribution in [3.63, 3.8) is 0 Å². The van der Waals surface area contributed by atoms with Crippen molar-refractivity contribution in [2.45, 2.75) is 20.5 Å². The largest absolute Gasteiger partial charge is 0.261 e. The molecule has 0 fully saturated rings. The molecule has 0 saturated carbocycles. The Morgan fingerprint density at radius 2 is 1.29 bits per heavy atom. The second kappa shape index (κ2) is 9.54. The van der Waals surface area contributed by atoms with Crippen LogP contribution in [0, 0.1) is 0 Å². The van der Waals surface area contributed by atoms with Crippen molar-refractivity contribution >= 4 is 71.3 Å². The van der Waals surface area contributed by atoms with Gasteiger partial charge < -0.3 is 0 Å². The summed E-state index contributed by atoms with van der Waals surface area (Å²) < 4.78 is 43.5. The van der Waals surface area contributed by atoms with Crippen LogP contribution >= 0.6 is 53.2 Å². The minimum absolute atomic E-state index is 0.133. The molecule has 0 aromatic heterocycles. The smallest absolute Gasteiger partial charge is 0.207 e. The molecule has 0 aliphatic heterocycles. The Labute approximate surface area is 167 Å². The Bertz CT molecular complexity index is 883. The van der Waals surface area contributed by atoms with Gasteiger partial charge in [0.2, 0.25) is 0 Å². The fourth-order valence-electron chi connectivity index (χ4n) is 1.59. The zero-order valence-corrected chi connectivity index (χ0v) is 18.3. The van der Waals surface area contributed by atoms with Crippen LogP contribution in [0.4, 0.5) is 0 Å². The first-order valence-corrected chi connectivity index (χ1v) is 13.1. The van der Waals surface area contributed by atoms with Gasteiger partial charge in [-0.2, -0.15) is 0 Å². The highest BCUT2D eigenvalue weighted by Crippen LogP contribution is 2.21. The van der Waals surface area contributed by atoms with Crippen LogP contribution in [0.2, 0.25) is 0 Å². The number of halogens is 4. The SMILES string of the molecule is O=S(=O)(Cl)c1ccc(CBr)cc1.O=S(=O)(Cl)c1ccccc1CBr. The third-order valence-electron chi connectivity index (χ3n) is 2.74. The first-order chi connectivity index (χ1) is 11.1. The average Bonchev–Trinajstić information content (AvgIpc) is 2.54. The summed E-state index contributed by atoms with van der Waals surface area (Å²) in [5, 5.41) is 1.19. The van der Waals surface area contributed by atoms with E-state index in [0.717, 1.165) is 5.56 Å². The predicted molar refractivity (Wildman–Crippen MR) is 104 cm³/mol. The van der Waals surface area contributed by atoms with Crippen molar-refractivity contribution in [3.8, 4) is 0 Å². The lowest BCUT2D eigenvalue weighted by molar-refractivity contribution is 0.607. The molecule has 24 heavy (non-hydrogen) atoms. The summed E-state index contributed by atoms with van der Waals surface area (Å²) in [5.74, 6) is 0. The summed E-state index contributed by atoms with van der Waals surface area (Å²) in [4.78, 5) is 0.303. The van der Waals surface area contributed by atoms with E-state index < -0.39 is 18.1 Å². The summed E-state index contributed by atoms with van der Waals surface area (Å²) in [5.41, 5.74) is 1.69. The molecule has 2 aromatic carbocycles. The fourth-order valence-corrected chi connectivity index (χ4v) is 4.56. The van der Waals surface area contributed by atoms with Crippen molar-refractivity contribution < 1.29 is 16.8 Å². The van der Waals surface area contributed by atoms with Gasteiger partial charge in [0.25, 0.3) is 18.1 Å². The van der Waals surface area contributed by atoms with E-state index in [9.17, 15) is 16.8 Å². The first kappa shape index (κ1) is 21.9. The van der Waals surface area contributed by atoms with Crippen LogP contribution in [0.15, 0.2) is 58.3 Å². The Kier molecular flexibility index (Phi) is 8.72. The quantitative estimate of drug-likeness (QED) is 0.405. The first-order valence-electron chi connectivity index (χ1n) is 6.27. The number of hydrogen-bond donors (Lipinski definition) is 0. The number of rotatable bonds is 4. The maximum absolute atomic E-state index is 11.0. The topological polar surface area (TPSA) is 68.3 Å². The Morgan fingerprint density at radius 1 is 0.750 bits per heavy atom. The van der Waals surface area contributed by atoms with E-state index in [1.807, 2.05) is 0 Å². The molecule has 0 amide bonds. The lowest BCUT2D eigenvalue weighted by atomic mass is 10.2. The molecule has 0 radical (unpaired) electrons. The van der Waals surface area contributed by atoms with Gasteiger partial charge in [-0.05, 0) is 29.3 Å². The monoisotopic (exact) mass is 536 g/mol. The van der Waals surface area contributed by atoms with Crippen molar-refractivity contribution in [3.05, 3.63) is 59.7 Å².